The summed E-state index contributed by atoms with van der Waals surface area (Å²) in [5.41, 5.74) is 0. The first-order valence-corrected chi connectivity index (χ1v) is 18.5. The van der Waals surface area contributed by atoms with E-state index >= 15 is 0 Å². The number of carbonyl (C=O) groups is 3. The van der Waals surface area contributed by atoms with E-state index < -0.39 is 85.9 Å². The number of ether oxygens (including phenoxy) is 7. The van der Waals surface area contributed by atoms with Gasteiger partial charge in [-0.05, 0) is 44.9 Å². The average Bonchev–Trinajstić information content (AvgIpc) is 3.07. The van der Waals surface area contributed by atoms with Crippen LogP contribution in [0.4, 0.5) is 0 Å². The first kappa shape index (κ1) is 42.2. The highest BCUT2D eigenvalue weighted by molar-refractivity contribution is 5.69. The number of aliphatic hydroxyl groups is 4. The van der Waals surface area contributed by atoms with Gasteiger partial charge in [-0.1, -0.05) is 64.0 Å². The van der Waals surface area contributed by atoms with Crippen molar-refractivity contribution in [2.75, 3.05) is 13.2 Å². The number of hydrogen-bond acceptors (Lipinski definition) is 14. The second-order valence-corrected chi connectivity index (χ2v) is 13.5. The van der Waals surface area contributed by atoms with Crippen molar-refractivity contribution in [1.29, 1.82) is 0 Å². The zero-order chi connectivity index (χ0) is 36.5. The summed E-state index contributed by atoms with van der Waals surface area (Å²) in [6.45, 7) is 3.62. The lowest BCUT2D eigenvalue weighted by Gasteiger charge is -2.47. The normalized spacial score (nSPS) is 36.1. The molecule has 0 amide bonds. The summed E-state index contributed by atoms with van der Waals surface area (Å²) in [6.07, 6.45) is 2.12. The zero-order valence-electron chi connectivity index (χ0n) is 29.9. The molecule has 0 spiro atoms. The molecule has 4 aliphatic rings. The van der Waals surface area contributed by atoms with E-state index in [2.05, 4.69) is 12.2 Å². The molecule has 14 heteroatoms. The molecule has 2 fully saturated rings. The van der Waals surface area contributed by atoms with Gasteiger partial charge in [-0.2, -0.15) is 0 Å². The van der Waals surface area contributed by atoms with Crippen LogP contribution in [0.2, 0.25) is 0 Å². The Morgan fingerprint density at radius 2 is 1.24 bits per heavy atom. The van der Waals surface area contributed by atoms with E-state index in [1.807, 2.05) is 6.92 Å². The predicted octanol–water partition coefficient (Wildman–Crippen LogP) is 3.13. The van der Waals surface area contributed by atoms with Gasteiger partial charge in [0, 0.05) is 20.3 Å². The molecular weight excluding hydrogens is 656 g/mol. The minimum atomic E-state index is -1.79. The molecule has 0 saturated carbocycles. The first-order chi connectivity index (χ1) is 24.0. The summed E-state index contributed by atoms with van der Waals surface area (Å²) in [6, 6.07) is 0. The van der Waals surface area contributed by atoms with Crippen molar-refractivity contribution in [3.63, 3.8) is 0 Å². The van der Waals surface area contributed by atoms with E-state index in [4.69, 9.17) is 33.2 Å². The van der Waals surface area contributed by atoms with E-state index in [0.717, 1.165) is 70.6 Å². The smallest absolute Gasteiger partial charge is 0.306 e. The van der Waals surface area contributed by atoms with Gasteiger partial charge >= 0.3 is 17.9 Å². The number of allylic oxidation sites excluding steroid dienone is 2. The van der Waals surface area contributed by atoms with Gasteiger partial charge in [-0.15, -0.1) is 0 Å². The van der Waals surface area contributed by atoms with Crippen LogP contribution in [0, 0.1) is 0 Å². The molecule has 288 valence electrons. The number of aliphatic hydroxyl groups excluding tert-OH is 4. The first-order valence-electron chi connectivity index (χ1n) is 18.5. The minimum absolute atomic E-state index is 0.0926. The highest BCUT2D eigenvalue weighted by Gasteiger charge is 2.53. The Morgan fingerprint density at radius 1 is 0.680 bits per heavy atom. The molecule has 14 nitrogen and oxygen atoms in total. The number of esters is 3. The zero-order valence-corrected chi connectivity index (χ0v) is 29.9. The van der Waals surface area contributed by atoms with Crippen LogP contribution in [-0.2, 0) is 47.5 Å². The van der Waals surface area contributed by atoms with E-state index in [-0.39, 0.29) is 19.1 Å². The van der Waals surface area contributed by atoms with Gasteiger partial charge in [0.05, 0.1) is 6.10 Å². The third-order valence-electron chi connectivity index (χ3n) is 9.25. The fourth-order valence-corrected chi connectivity index (χ4v) is 6.44. The molecule has 11 atom stereocenters. The molecule has 4 rings (SSSR count). The van der Waals surface area contributed by atoms with E-state index in [1.54, 1.807) is 0 Å². The third-order valence-corrected chi connectivity index (χ3v) is 9.25. The fraction of sp³-hybridized carbons (Fsp3) is 0.861. The number of fused-ring (bicyclic) bond motifs is 19. The Morgan fingerprint density at radius 3 is 1.88 bits per heavy atom. The molecule has 0 aromatic carbocycles. The van der Waals surface area contributed by atoms with Crippen molar-refractivity contribution >= 4 is 17.9 Å². The molecule has 0 aliphatic carbocycles. The van der Waals surface area contributed by atoms with Crippen molar-refractivity contribution < 1.29 is 68.0 Å². The molecule has 4 aliphatic heterocycles. The van der Waals surface area contributed by atoms with Gasteiger partial charge in [0.1, 0.15) is 55.9 Å². The van der Waals surface area contributed by atoms with Crippen LogP contribution >= 0.6 is 0 Å². The van der Waals surface area contributed by atoms with Gasteiger partial charge in [-0.3, -0.25) is 14.4 Å². The Bertz CT molecular complexity index is 1040. The van der Waals surface area contributed by atoms with Crippen LogP contribution in [0.15, 0.2) is 12.2 Å². The molecule has 50 heavy (non-hydrogen) atoms. The third kappa shape index (κ3) is 14.1. The summed E-state index contributed by atoms with van der Waals surface area (Å²) in [5, 5.41) is 44.6. The molecular formula is C36H60O14. The Labute approximate surface area is 295 Å². The predicted molar refractivity (Wildman–Crippen MR) is 178 cm³/mol. The van der Waals surface area contributed by atoms with Crippen molar-refractivity contribution in [2.45, 2.75) is 185 Å². The SMILES string of the molecule is CCC[C@H]1CCCCCCC=CCCCCCCCC(=O)O[C@H]2[C@H](O)[C@@H](O)[C@H](O[C@H]3[C@H](O1)O[C@H](COC(C)=O)[C@@H](O)[C@@H]3O)O[C@@H]2COC(C)=O. The van der Waals surface area contributed by atoms with Gasteiger partial charge in [-0.25, -0.2) is 0 Å². The minimum Gasteiger partial charge on any atom is -0.463 e. The van der Waals surface area contributed by atoms with Crippen LogP contribution in [0.1, 0.15) is 117 Å². The highest BCUT2D eigenvalue weighted by Crippen LogP contribution is 2.32. The molecule has 0 aromatic rings. The van der Waals surface area contributed by atoms with Gasteiger partial charge in [0.25, 0.3) is 0 Å². The van der Waals surface area contributed by atoms with Crippen molar-refractivity contribution in [2.24, 2.45) is 0 Å². The maximum atomic E-state index is 12.8. The van der Waals surface area contributed by atoms with Crippen LogP contribution in [0.5, 0.6) is 0 Å². The molecule has 2 saturated heterocycles. The second kappa shape index (κ2) is 22.7. The van der Waals surface area contributed by atoms with Crippen molar-refractivity contribution in [1.82, 2.24) is 0 Å². The molecule has 4 heterocycles. The van der Waals surface area contributed by atoms with Crippen LogP contribution in [-0.4, -0.2) is 119 Å². The maximum absolute atomic E-state index is 12.8. The summed E-state index contributed by atoms with van der Waals surface area (Å²) < 4.78 is 40.2. The largest absolute Gasteiger partial charge is 0.463 e. The number of carbonyl (C=O) groups excluding carboxylic acids is 3. The van der Waals surface area contributed by atoms with Crippen LogP contribution < -0.4 is 0 Å². The Hall–Kier alpha value is -2.17. The average molecular weight is 717 g/mol. The summed E-state index contributed by atoms with van der Waals surface area (Å²) in [7, 11) is 0. The fourth-order valence-electron chi connectivity index (χ4n) is 6.44. The summed E-state index contributed by atoms with van der Waals surface area (Å²) in [4.78, 5) is 36.0. The number of rotatable bonds is 6. The second-order valence-electron chi connectivity index (χ2n) is 13.5. The molecule has 0 unspecified atom stereocenters. The Balaban J connectivity index is 1.86. The lowest BCUT2D eigenvalue weighted by Crippen LogP contribution is -2.65. The van der Waals surface area contributed by atoms with Crippen LogP contribution in [0.25, 0.3) is 0 Å². The lowest BCUT2D eigenvalue weighted by atomic mass is 9.96. The summed E-state index contributed by atoms with van der Waals surface area (Å²) >= 11 is 0. The quantitative estimate of drug-likeness (QED) is 0.178. The van der Waals surface area contributed by atoms with E-state index in [1.165, 1.54) is 13.8 Å². The van der Waals surface area contributed by atoms with Crippen molar-refractivity contribution in [3.8, 4) is 0 Å². The molecule has 0 radical (unpaired) electrons. The van der Waals surface area contributed by atoms with Crippen LogP contribution in [0.3, 0.4) is 0 Å². The highest BCUT2D eigenvalue weighted by atomic mass is 16.8. The topological polar surface area (TPSA) is 197 Å². The Kier molecular flexibility index (Phi) is 19.2. The van der Waals surface area contributed by atoms with Gasteiger partial charge < -0.3 is 53.6 Å². The monoisotopic (exact) mass is 716 g/mol. The maximum Gasteiger partial charge on any atom is 0.306 e. The standard InChI is InChI=1S/C36H60O14/c1-4-18-25-19-16-14-12-10-8-6-5-7-9-11-13-15-17-20-28(39)49-33-27(22-45-24(3)38)48-35(32(43)31(33)42)50-34-30(41)29(40)26(21-44-23(2)37)47-36(34)46-25/h5-6,25-27,29-36,40-43H,4,7-22H2,1-3H3/t25-,26+,27+,29+,30-,31+,32+,33+,34+,35-,36+/m0/s1. The molecule has 2 bridgehead atoms. The van der Waals surface area contributed by atoms with E-state index in [0.29, 0.717) is 19.3 Å². The van der Waals surface area contributed by atoms with Gasteiger partial charge in [0.15, 0.2) is 18.7 Å². The van der Waals surface area contributed by atoms with Gasteiger partial charge in [0.2, 0.25) is 0 Å². The van der Waals surface area contributed by atoms with Crippen molar-refractivity contribution in [3.05, 3.63) is 12.2 Å². The molecule has 0 aromatic heterocycles. The van der Waals surface area contributed by atoms with E-state index in [9.17, 15) is 34.8 Å². The summed E-state index contributed by atoms with van der Waals surface area (Å²) in [5.74, 6) is -1.85. The lowest BCUT2D eigenvalue weighted by molar-refractivity contribution is -0.372. The number of hydrogen-bond donors (Lipinski definition) is 4. The molecule has 4 N–H and O–H groups in total.